The van der Waals surface area contributed by atoms with Gasteiger partial charge in [-0.2, -0.15) is 0 Å². The second-order valence-corrected chi connectivity index (χ2v) is 1.86. The van der Waals surface area contributed by atoms with Gasteiger partial charge in [0.15, 0.2) is 0 Å². The van der Waals surface area contributed by atoms with Crippen LogP contribution in [0.5, 0.6) is 5.75 Å². The van der Waals surface area contributed by atoms with Gasteiger partial charge in [-0.15, -0.1) is 0 Å². The van der Waals surface area contributed by atoms with Gasteiger partial charge in [0, 0.05) is 0 Å². The third-order valence-corrected chi connectivity index (χ3v) is 1.17. The van der Waals surface area contributed by atoms with E-state index in [-0.39, 0.29) is 5.75 Å². The summed E-state index contributed by atoms with van der Waals surface area (Å²) in [6.07, 6.45) is 0. The molecule has 0 amide bonds. The van der Waals surface area contributed by atoms with E-state index in [2.05, 4.69) is 0 Å². The van der Waals surface area contributed by atoms with Crippen molar-refractivity contribution in [2.45, 2.75) is 13.8 Å². The molecule has 0 aliphatic heterocycles. The zero-order valence-electron chi connectivity index (χ0n) is 6.13. The topological polar surface area (TPSA) is 20.2 Å². The minimum Gasteiger partial charge on any atom is -0.506 e. The van der Waals surface area contributed by atoms with Crippen LogP contribution in [-0.4, -0.2) is 5.11 Å². The Balaban J connectivity index is 0.000000371. The Bertz CT molecular complexity index is 165. The number of phenols is 1. The molecule has 0 unspecified atom stereocenters. The lowest BCUT2D eigenvalue weighted by molar-refractivity contribution is 0.475. The van der Waals surface area contributed by atoms with Gasteiger partial charge in [-0.25, -0.2) is 0 Å². The first-order valence-corrected chi connectivity index (χ1v) is 3.62. The Kier molecular flexibility index (Phi) is 4.77. The normalized spacial score (nSPS) is 7.90. The van der Waals surface area contributed by atoms with Crippen molar-refractivity contribution in [3.05, 3.63) is 29.3 Å². The first-order chi connectivity index (χ1) is 4.80. The number of benzene rings is 1. The molecule has 0 saturated heterocycles. The molecular weight excluding hydrogens is 148 g/mol. The number of aromatic hydroxyl groups is 1. The highest BCUT2D eigenvalue weighted by Crippen LogP contribution is 2.20. The van der Waals surface area contributed by atoms with E-state index in [0.29, 0.717) is 5.02 Å². The van der Waals surface area contributed by atoms with Crippen LogP contribution in [0.25, 0.3) is 0 Å². The van der Waals surface area contributed by atoms with E-state index in [0.717, 1.165) is 0 Å². The van der Waals surface area contributed by atoms with E-state index in [4.69, 9.17) is 16.7 Å². The minimum atomic E-state index is 0.133. The lowest BCUT2D eigenvalue weighted by Gasteiger charge is -1.89. The number of halogens is 1. The van der Waals surface area contributed by atoms with Crippen LogP contribution in [0.2, 0.25) is 5.02 Å². The molecule has 0 aliphatic carbocycles. The summed E-state index contributed by atoms with van der Waals surface area (Å²) in [6, 6.07) is 6.67. The van der Waals surface area contributed by atoms with Crippen molar-refractivity contribution in [3.63, 3.8) is 0 Å². The van der Waals surface area contributed by atoms with Crippen LogP contribution in [0.4, 0.5) is 0 Å². The maximum atomic E-state index is 8.79. The third kappa shape index (κ3) is 2.74. The summed E-state index contributed by atoms with van der Waals surface area (Å²) in [7, 11) is 0. The monoisotopic (exact) mass is 158 g/mol. The Morgan fingerprint density at radius 1 is 1.20 bits per heavy atom. The summed E-state index contributed by atoms with van der Waals surface area (Å²) >= 11 is 5.46. The summed E-state index contributed by atoms with van der Waals surface area (Å²) in [6.45, 7) is 4.00. The maximum absolute atomic E-state index is 8.79. The molecule has 0 radical (unpaired) electrons. The van der Waals surface area contributed by atoms with Crippen LogP contribution in [-0.2, 0) is 0 Å². The van der Waals surface area contributed by atoms with Crippen LogP contribution in [0.1, 0.15) is 13.8 Å². The van der Waals surface area contributed by atoms with Crippen LogP contribution < -0.4 is 0 Å². The first-order valence-electron chi connectivity index (χ1n) is 3.24. The fourth-order valence-electron chi connectivity index (χ4n) is 0.452. The second kappa shape index (κ2) is 5.12. The molecule has 0 heterocycles. The summed E-state index contributed by atoms with van der Waals surface area (Å²) in [4.78, 5) is 0. The summed E-state index contributed by atoms with van der Waals surface area (Å²) in [5.74, 6) is 0.133. The lowest BCUT2D eigenvalue weighted by Crippen LogP contribution is -1.62. The quantitative estimate of drug-likeness (QED) is 0.615. The van der Waals surface area contributed by atoms with E-state index in [1.807, 2.05) is 13.8 Å². The van der Waals surface area contributed by atoms with Crippen molar-refractivity contribution < 1.29 is 5.11 Å². The van der Waals surface area contributed by atoms with Crippen LogP contribution in [0.3, 0.4) is 0 Å². The van der Waals surface area contributed by atoms with Crippen LogP contribution in [0.15, 0.2) is 24.3 Å². The molecule has 0 saturated carbocycles. The van der Waals surface area contributed by atoms with Crippen molar-refractivity contribution in [2.75, 3.05) is 0 Å². The summed E-state index contributed by atoms with van der Waals surface area (Å²) < 4.78 is 0. The highest BCUT2D eigenvalue weighted by molar-refractivity contribution is 6.31. The zero-order valence-corrected chi connectivity index (χ0v) is 6.89. The largest absolute Gasteiger partial charge is 0.506 e. The van der Waals surface area contributed by atoms with E-state index in [1.165, 1.54) is 0 Å². The van der Waals surface area contributed by atoms with Gasteiger partial charge in [0.25, 0.3) is 0 Å². The average molecular weight is 159 g/mol. The summed E-state index contributed by atoms with van der Waals surface area (Å²) in [5, 5.41) is 9.18. The van der Waals surface area contributed by atoms with Gasteiger partial charge in [0.2, 0.25) is 0 Å². The lowest BCUT2D eigenvalue weighted by atomic mass is 10.3. The SMILES string of the molecule is CC.Oc1ccccc1Cl. The van der Waals surface area contributed by atoms with Gasteiger partial charge in [-0.3, -0.25) is 0 Å². The average Bonchev–Trinajstić information content (AvgIpc) is 2.00. The van der Waals surface area contributed by atoms with E-state index >= 15 is 0 Å². The molecule has 56 valence electrons. The van der Waals surface area contributed by atoms with Gasteiger partial charge in [-0.05, 0) is 12.1 Å². The van der Waals surface area contributed by atoms with Crippen molar-refractivity contribution >= 4 is 11.6 Å². The standard InChI is InChI=1S/C6H5ClO.C2H6/c7-5-3-1-2-4-6(5)8;1-2/h1-4,8H;1-2H3. The molecule has 1 N–H and O–H groups in total. The number of rotatable bonds is 0. The van der Waals surface area contributed by atoms with Gasteiger partial charge in [0.1, 0.15) is 5.75 Å². The molecule has 10 heavy (non-hydrogen) atoms. The van der Waals surface area contributed by atoms with Gasteiger partial charge < -0.3 is 5.11 Å². The zero-order chi connectivity index (χ0) is 7.98. The van der Waals surface area contributed by atoms with Crippen LogP contribution >= 0.6 is 11.6 Å². The predicted molar refractivity (Wildman–Crippen MR) is 44.5 cm³/mol. The Labute approximate surface area is 66.3 Å². The Morgan fingerprint density at radius 2 is 1.70 bits per heavy atom. The smallest absolute Gasteiger partial charge is 0.134 e. The highest BCUT2D eigenvalue weighted by Gasteiger charge is 1.89. The molecule has 0 bridgehead atoms. The van der Waals surface area contributed by atoms with Gasteiger partial charge >= 0.3 is 0 Å². The molecule has 0 spiro atoms. The number of hydrogen-bond donors (Lipinski definition) is 1. The fourth-order valence-corrected chi connectivity index (χ4v) is 0.587. The molecule has 0 fully saturated rings. The molecule has 1 aromatic rings. The molecule has 0 aromatic heterocycles. The number of hydrogen-bond acceptors (Lipinski definition) is 1. The van der Waals surface area contributed by atoms with E-state index in [1.54, 1.807) is 24.3 Å². The maximum Gasteiger partial charge on any atom is 0.134 e. The van der Waals surface area contributed by atoms with Crippen molar-refractivity contribution in [2.24, 2.45) is 0 Å². The second-order valence-electron chi connectivity index (χ2n) is 1.45. The van der Waals surface area contributed by atoms with Crippen molar-refractivity contribution in [1.82, 2.24) is 0 Å². The van der Waals surface area contributed by atoms with Crippen molar-refractivity contribution in [1.29, 1.82) is 0 Å². The molecule has 0 atom stereocenters. The molecule has 1 aromatic carbocycles. The summed E-state index contributed by atoms with van der Waals surface area (Å²) in [5.41, 5.74) is 0. The Morgan fingerprint density at radius 3 is 2.00 bits per heavy atom. The number of phenolic OH excluding ortho intramolecular Hbond substituents is 1. The van der Waals surface area contributed by atoms with Gasteiger partial charge in [-0.1, -0.05) is 37.6 Å². The van der Waals surface area contributed by atoms with Crippen molar-refractivity contribution in [3.8, 4) is 5.75 Å². The minimum absolute atomic E-state index is 0.133. The molecule has 1 nitrogen and oxygen atoms in total. The predicted octanol–water partition coefficient (Wildman–Crippen LogP) is 3.07. The van der Waals surface area contributed by atoms with E-state index in [9.17, 15) is 0 Å². The molecular formula is C8H11ClO. The molecule has 1 rings (SSSR count). The fraction of sp³-hybridized carbons (Fsp3) is 0.250. The first kappa shape index (κ1) is 9.31. The van der Waals surface area contributed by atoms with E-state index < -0.39 is 0 Å². The Hall–Kier alpha value is -0.690. The number of para-hydroxylation sites is 1. The van der Waals surface area contributed by atoms with Crippen LogP contribution in [0, 0.1) is 0 Å². The molecule has 2 heteroatoms. The molecule has 0 aliphatic rings. The highest BCUT2D eigenvalue weighted by atomic mass is 35.5. The van der Waals surface area contributed by atoms with Gasteiger partial charge in [0.05, 0.1) is 5.02 Å². The third-order valence-electron chi connectivity index (χ3n) is 0.852.